The summed E-state index contributed by atoms with van der Waals surface area (Å²) in [5.74, 6) is -1.78. The minimum Gasteiger partial charge on any atom is -0.455 e. The first-order valence-corrected chi connectivity index (χ1v) is 9.79. The molecule has 2 amide bonds. The number of carbonyl (C=O) groups is 3. The van der Waals surface area contributed by atoms with Gasteiger partial charge in [-0.05, 0) is 48.9 Å². The second kappa shape index (κ2) is 8.75. The van der Waals surface area contributed by atoms with Gasteiger partial charge in [0.15, 0.2) is 6.61 Å². The van der Waals surface area contributed by atoms with E-state index in [1.807, 2.05) is 19.1 Å². The highest BCUT2D eigenvalue weighted by atomic mass is 79.9. The molecule has 1 atom stereocenters. The van der Waals surface area contributed by atoms with Crippen molar-refractivity contribution in [3.05, 3.63) is 57.5 Å². The van der Waals surface area contributed by atoms with Gasteiger partial charge in [-0.3, -0.25) is 14.4 Å². The van der Waals surface area contributed by atoms with E-state index in [1.165, 1.54) is 0 Å². The van der Waals surface area contributed by atoms with Gasteiger partial charge in [0.1, 0.15) is 0 Å². The number of rotatable bonds is 5. The predicted octanol–water partition coefficient (Wildman–Crippen LogP) is 3.95. The van der Waals surface area contributed by atoms with Crippen LogP contribution in [0.2, 0.25) is 5.02 Å². The summed E-state index contributed by atoms with van der Waals surface area (Å²) in [6.45, 7) is 1.64. The highest BCUT2D eigenvalue weighted by molar-refractivity contribution is 9.10. The molecule has 28 heavy (non-hydrogen) atoms. The van der Waals surface area contributed by atoms with Crippen LogP contribution in [0.5, 0.6) is 0 Å². The van der Waals surface area contributed by atoms with Gasteiger partial charge in [-0.15, -0.1) is 0 Å². The zero-order chi connectivity index (χ0) is 20.3. The fourth-order valence-corrected chi connectivity index (χ4v) is 3.34. The Morgan fingerprint density at radius 2 is 1.96 bits per heavy atom. The number of hydrogen-bond acceptors (Lipinski definition) is 4. The van der Waals surface area contributed by atoms with Gasteiger partial charge in [0, 0.05) is 33.8 Å². The van der Waals surface area contributed by atoms with E-state index in [9.17, 15) is 14.4 Å². The highest BCUT2D eigenvalue weighted by Gasteiger charge is 2.36. The van der Waals surface area contributed by atoms with Crippen LogP contribution < -0.4 is 10.2 Å². The summed E-state index contributed by atoms with van der Waals surface area (Å²) in [6.07, 6.45) is 0.0594. The predicted molar refractivity (Wildman–Crippen MR) is 110 cm³/mol. The number of esters is 1. The first-order valence-electron chi connectivity index (χ1n) is 8.62. The Labute approximate surface area is 175 Å². The van der Waals surface area contributed by atoms with Crippen LogP contribution in [0.25, 0.3) is 0 Å². The molecule has 0 aliphatic carbocycles. The molecule has 2 aromatic rings. The molecule has 0 bridgehead atoms. The molecule has 1 heterocycles. The van der Waals surface area contributed by atoms with Crippen molar-refractivity contribution < 1.29 is 19.1 Å². The van der Waals surface area contributed by atoms with E-state index in [1.54, 1.807) is 35.2 Å². The SMILES string of the molecule is Cc1ccc(Cl)cc1NC(=O)COC(=O)[C@@H]1CC(=O)N(c2ccc(Br)cc2)C1. The van der Waals surface area contributed by atoms with Crippen molar-refractivity contribution in [2.24, 2.45) is 5.92 Å². The van der Waals surface area contributed by atoms with Gasteiger partial charge in [-0.25, -0.2) is 0 Å². The first-order chi connectivity index (χ1) is 13.3. The van der Waals surface area contributed by atoms with Crippen LogP contribution in [0.4, 0.5) is 11.4 Å². The van der Waals surface area contributed by atoms with Gasteiger partial charge in [-0.1, -0.05) is 33.6 Å². The molecule has 1 saturated heterocycles. The molecule has 2 aromatic carbocycles. The maximum atomic E-state index is 12.3. The third kappa shape index (κ3) is 4.91. The summed E-state index contributed by atoms with van der Waals surface area (Å²) in [5.41, 5.74) is 2.12. The van der Waals surface area contributed by atoms with E-state index < -0.39 is 24.4 Å². The molecule has 1 N–H and O–H groups in total. The van der Waals surface area contributed by atoms with Crippen LogP contribution in [-0.2, 0) is 19.1 Å². The maximum absolute atomic E-state index is 12.3. The molecular formula is C20H18BrClN2O4. The van der Waals surface area contributed by atoms with Crippen LogP contribution in [0, 0.1) is 12.8 Å². The zero-order valence-electron chi connectivity index (χ0n) is 15.1. The van der Waals surface area contributed by atoms with Crippen LogP contribution in [-0.4, -0.2) is 30.9 Å². The quantitative estimate of drug-likeness (QED) is 0.679. The summed E-state index contributed by atoms with van der Waals surface area (Å²) in [5, 5.41) is 3.16. The van der Waals surface area contributed by atoms with E-state index in [2.05, 4.69) is 21.2 Å². The average Bonchev–Trinajstić information content (AvgIpc) is 3.05. The number of aryl methyl sites for hydroxylation is 1. The van der Waals surface area contributed by atoms with Gasteiger partial charge >= 0.3 is 5.97 Å². The van der Waals surface area contributed by atoms with Crippen molar-refractivity contribution in [1.29, 1.82) is 0 Å². The second-order valence-electron chi connectivity index (χ2n) is 6.50. The monoisotopic (exact) mass is 464 g/mol. The smallest absolute Gasteiger partial charge is 0.311 e. The van der Waals surface area contributed by atoms with Crippen molar-refractivity contribution >= 4 is 56.7 Å². The van der Waals surface area contributed by atoms with Crippen molar-refractivity contribution in [2.75, 3.05) is 23.4 Å². The number of halogens is 2. The molecule has 6 nitrogen and oxygen atoms in total. The van der Waals surface area contributed by atoms with Crippen molar-refractivity contribution in [2.45, 2.75) is 13.3 Å². The molecule has 1 aliphatic heterocycles. The Balaban J connectivity index is 1.53. The number of nitrogens with zero attached hydrogens (tertiary/aromatic N) is 1. The minimum absolute atomic E-state index is 0.0594. The normalized spacial score (nSPS) is 16.2. The molecule has 1 aliphatic rings. The summed E-state index contributed by atoms with van der Waals surface area (Å²) in [7, 11) is 0. The third-order valence-corrected chi connectivity index (χ3v) is 5.18. The third-order valence-electron chi connectivity index (χ3n) is 4.42. The second-order valence-corrected chi connectivity index (χ2v) is 7.85. The van der Waals surface area contributed by atoms with E-state index in [0.29, 0.717) is 10.7 Å². The molecule has 0 saturated carbocycles. The molecular weight excluding hydrogens is 448 g/mol. The lowest BCUT2D eigenvalue weighted by Crippen LogP contribution is -2.28. The molecule has 0 radical (unpaired) electrons. The van der Waals surface area contributed by atoms with Crippen LogP contribution in [0.3, 0.4) is 0 Å². The molecule has 146 valence electrons. The topological polar surface area (TPSA) is 75.7 Å². The van der Waals surface area contributed by atoms with Crippen LogP contribution in [0.1, 0.15) is 12.0 Å². The van der Waals surface area contributed by atoms with E-state index >= 15 is 0 Å². The lowest BCUT2D eigenvalue weighted by atomic mass is 10.1. The van der Waals surface area contributed by atoms with Gasteiger partial charge in [0.2, 0.25) is 5.91 Å². The van der Waals surface area contributed by atoms with Gasteiger partial charge in [0.25, 0.3) is 5.91 Å². The summed E-state index contributed by atoms with van der Waals surface area (Å²) in [6, 6.07) is 12.4. The fourth-order valence-electron chi connectivity index (χ4n) is 2.91. The molecule has 0 spiro atoms. The molecule has 0 aromatic heterocycles. The Morgan fingerprint density at radius 3 is 2.68 bits per heavy atom. The van der Waals surface area contributed by atoms with Gasteiger partial charge in [-0.2, -0.15) is 0 Å². The number of ether oxygens (including phenoxy) is 1. The largest absolute Gasteiger partial charge is 0.455 e. The summed E-state index contributed by atoms with van der Waals surface area (Å²) >= 11 is 9.27. The summed E-state index contributed by atoms with van der Waals surface area (Å²) < 4.78 is 6.01. The van der Waals surface area contributed by atoms with Crippen LogP contribution in [0.15, 0.2) is 46.9 Å². The number of nitrogens with one attached hydrogen (secondary N) is 1. The Hall–Kier alpha value is -2.38. The lowest BCUT2D eigenvalue weighted by Gasteiger charge is -2.16. The number of hydrogen-bond donors (Lipinski definition) is 1. The Morgan fingerprint density at radius 1 is 1.25 bits per heavy atom. The van der Waals surface area contributed by atoms with Crippen molar-refractivity contribution in [3.8, 4) is 0 Å². The first kappa shape index (κ1) is 20.4. The summed E-state index contributed by atoms with van der Waals surface area (Å²) in [4.78, 5) is 38.1. The Bertz CT molecular complexity index is 917. The number of anilines is 2. The van der Waals surface area contributed by atoms with Gasteiger partial charge < -0.3 is 15.0 Å². The standard InChI is InChI=1S/C20H18BrClN2O4/c1-12-2-5-15(22)9-17(12)23-18(25)11-28-20(27)13-8-19(26)24(10-13)16-6-3-14(21)4-7-16/h2-7,9,13H,8,10-11H2,1H3,(H,23,25)/t13-/m1/s1. The molecule has 3 rings (SSSR count). The Kier molecular flexibility index (Phi) is 6.36. The molecule has 8 heteroatoms. The van der Waals surface area contributed by atoms with Gasteiger partial charge in [0.05, 0.1) is 5.92 Å². The number of amides is 2. The maximum Gasteiger partial charge on any atom is 0.311 e. The zero-order valence-corrected chi connectivity index (χ0v) is 17.4. The molecule has 0 unspecified atom stereocenters. The number of carbonyl (C=O) groups excluding carboxylic acids is 3. The van der Waals surface area contributed by atoms with Crippen molar-refractivity contribution in [3.63, 3.8) is 0 Å². The van der Waals surface area contributed by atoms with E-state index in [-0.39, 0.29) is 18.9 Å². The average molecular weight is 466 g/mol. The highest BCUT2D eigenvalue weighted by Crippen LogP contribution is 2.27. The van der Waals surface area contributed by atoms with Crippen molar-refractivity contribution in [1.82, 2.24) is 0 Å². The minimum atomic E-state index is -0.600. The fraction of sp³-hybridized carbons (Fsp3) is 0.250. The van der Waals surface area contributed by atoms with E-state index in [4.69, 9.17) is 16.3 Å². The van der Waals surface area contributed by atoms with E-state index in [0.717, 1.165) is 15.7 Å². The molecule has 1 fully saturated rings. The van der Waals surface area contributed by atoms with Crippen LogP contribution >= 0.6 is 27.5 Å². The lowest BCUT2D eigenvalue weighted by molar-refractivity contribution is -0.151. The number of benzene rings is 2.